The highest BCUT2D eigenvalue weighted by Gasteiger charge is 2.32. The SMILES string of the molecule is CC[C@](C)(N)c1cnc(OC2CC2)c2cnc(Nc3ccc4c(n3)[C@H](C)[C@H](C)OC4=O)cc12. The van der Waals surface area contributed by atoms with E-state index >= 15 is 0 Å². The summed E-state index contributed by atoms with van der Waals surface area (Å²) in [7, 11) is 0. The van der Waals surface area contributed by atoms with E-state index in [1.165, 1.54) is 0 Å². The van der Waals surface area contributed by atoms with Crippen molar-refractivity contribution < 1.29 is 14.3 Å². The first-order chi connectivity index (χ1) is 15.8. The van der Waals surface area contributed by atoms with E-state index in [0.717, 1.165) is 41.3 Å². The van der Waals surface area contributed by atoms with E-state index in [-0.39, 0.29) is 24.1 Å². The quantitative estimate of drug-likeness (QED) is 0.529. The van der Waals surface area contributed by atoms with E-state index < -0.39 is 5.54 Å². The van der Waals surface area contributed by atoms with Gasteiger partial charge in [-0.15, -0.1) is 0 Å². The Labute approximate surface area is 192 Å². The van der Waals surface area contributed by atoms with Gasteiger partial charge >= 0.3 is 5.97 Å². The van der Waals surface area contributed by atoms with Crippen LogP contribution in [0.15, 0.2) is 30.6 Å². The van der Waals surface area contributed by atoms with Crippen molar-refractivity contribution in [2.75, 3.05) is 5.32 Å². The number of esters is 1. The highest BCUT2D eigenvalue weighted by Crippen LogP contribution is 2.37. The molecule has 5 rings (SSSR count). The van der Waals surface area contributed by atoms with Crippen molar-refractivity contribution in [2.24, 2.45) is 5.73 Å². The summed E-state index contributed by atoms with van der Waals surface area (Å²) in [5.41, 5.74) is 8.25. The molecular formula is C25H29N5O3. The number of ether oxygens (including phenoxy) is 2. The molecular weight excluding hydrogens is 418 g/mol. The van der Waals surface area contributed by atoms with Crippen molar-refractivity contribution >= 4 is 28.4 Å². The Morgan fingerprint density at radius 1 is 1.18 bits per heavy atom. The van der Waals surface area contributed by atoms with E-state index in [2.05, 4.69) is 22.2 Å². The predicted octanol–water partition coefficient (Wildman–Crippen LogP) is 4.56. The molecule has 3 aromatic rings. The van der Waals surface area contributed by atoms with Crippen molar-refractivity contribution in [3.05, 3.63) is 47.4 Å². The maximum Gasteiger partial charge on any atom is 0.340 e. The van der Waals surface area contributed by atoms with Crippen LogP contribution in [0.2, 0.25) is 0 Å². The van der Waals surface area contributed by atoms with Gasteiger partial charge in [0.05, 0.1) is 16.6 Å². The van der Waals surface area contributed by atoms with Gasteiger partial charge in [0.1, 0.15) is 23.8 Å². The van der Waals surface area contributed by atoms with Crippen LogP contribution in [0.4, 0.5) is 11.6 Å². The molecule has 3 N–H and O–H groups in total. The van der Waals surface area contributed by atoms with Crippen LogP contribution in [-0.4, -0.2) is 33.1 Å². The molecule has 0 radical (unpaired) electrons. The van der Waals surface area contributed by atoms with E-state index in [0.29, 0.717) is 23.1 Å². The molecule has 8 heteroatoms. The molecule has 1 fully saturated rings. The van der Waals surface area contributed by atoms with E-state index in [1.54, 1.807) is 18.3 Å². The molecule has 0 saturated heterocycles. The zero-order valence-electron chi connectivity index (χ0n) is 19.4. The molecule has 4 heterocycles. The summed E-state index contributed by atoms with van der Waals surface area (Å²) in [6.45, 7) is 7.96. The zero-order valence-corrected chi connectivity index (χ0v) is 19.4. The molecule has 1 aliphatic carbocycles. The Bertz CT molecular complexity index is 1240. The van der Waals surface area contributed by atoms with Crippen molar-refractivity contribution in [2.45, 2.75) is 70.6 Å². The Hall–Kier alpha value is -3.26. The number of nitrogens with one attached hydrogen (secondary N) is 1. The molecule has 172 valence electrons. The summed E-state index contributed by atoms with van der Waals surface area (Å²) in [4.78, 5) is 26.1. The Balaban J connectivity index is 1.54. The maximum atomic E-state index is 12.2. The van der Waals surface area contributed by atoms with Gasteiger partial charge in [0, 0.05) is 23.9 Å². The first kappa shape index (κ1) is 21.6. The number of pyridine rings is 3. The van der Waals surface area contributed by atoms with Crippen LogP contribution in [0.25, 0.3) is 10.8 Å². The monoisotopic (exact) mass is 447 g/mol. The number of rotatable bonds is 6. The van der Waals surface area contributed by atoms with Gasteiger partial charge in [-0.1, -0.05) is 13.8 Å². The third-order valence-corrected chi connectivity index (χ3v) is 6.72. The average molecular weight is 448 g/mol. The lowest BCUT2D eigenvalue weighted by atomic mass is 9.88. The number of anilines is 2. The van der Waals surface area contributed by atoms with Crippen LogP contribution < -0.4 is 15.8 Å². The molecule has 1 aliphatic heterocycles. The molecule has 33 heavy (non-hydrogen) atoms. The standard InChI is InChI=1S/C25H29N5O3/c1-5-25(4,26)19-12-28-23(33-15-6-7-15)18-11-27-21(10-17(18)19)29-20-9-8-16-22(30-20)13(2)14(3)32-24(16)31/h8-15H,5-7,26H2,1-4H3,(H,27,29,30)/t13-,14+,25+/m1/s1. The molecule has 0 bridgehead atoms. The van der Waals surface area contributed by atoms with Gasteiger partial charge in [-0.3, -0.25) is 0 Å². The second-order valence-electron chi connectivity index (χ2n) is 9.33. The second kappa shape index (κ2) is 7.95. The number of hydrogen-bond donors (Lipinski definition) is 2. The van der Waals surface area contributed by atoms with E-state index in [9.17, 15) is 4.79 Å². The first-order valence-corrected chi connectivity index (χ1v) is 11.5. The van der Waals surface area contributed by atoms with Crippen LogP contribution in [0.3, 0.4) is 0 Å². The summed E-state index contributed by atoms with van der Waals surface area (Å²) < 4.78 is 11.4. The Morgan fingerprint density at radius 2 is 1.97 bits per heavy atom. The molecule has 8 nitrogen and oxygen atoms in total. The molecule has 0 amide bonds. The molecule has 0 aromatic carbocycles. The number of hydrogen-bond acceptors (Lipinski definition) is 8. The minimum absolute atomic E-state index is 0.00585. The Morgan fingerprint density at radius 3 is 2.70 bits per heavy atom. The minimum atomic E-state index is -0.544. The van der Waals surface area contributed by atoms with Gasteiger partial charge in [0.2, 0.25) is 5.88 Å². The molecule has 2 aliphatic rings. The fourth-order valence-electron chi connectivity index (χ4n) is 4.01. The second-order valence-corrected chi connectivity index (χ2v) is 9.33. The normalized spacial score (nSPS) is 21.8. The molecule has 3 aromatic heterocycles. The third-order valence-electron chi connectivity index (χ3n) is 6.72. The lowest BCUT2D eigenvalue weighted by molar-refractivity contribution is 0.0235. The van der Waals surface area contributed by atoms with Crippen LogP contribution in [0, 0.1) is 0 Å². The number of cyclic esters (lactones) is 1. The summed E-state index contributed by atoms with van der Waals surface area (Å²) in [5.74, 6) is 1.51. The van der Waals surface area contributed by atoms with Crippen molar-refractivity contribution in [3.63, 3.8) is 0 Å². The fourth-order valence-corrected chi connectivity index (χ4v) is 4.01. The molecule has 3 atom stereocenters. The third kappa shape index (κ3) is 3.99. The summed E-state index contributed by atoms with van der Waals surface area (Å²) in [6.07, 6.45) is 6.47. The predicted molar refractivity (Wildman–Crippen MR) is 126 cm³/mol. The topological polar surface area (TPSA) is 112 Å². The average Bonchev–Trinajstić information content (AvgIpc) is 3.61. The van der Waals surface area contributed by atoms with E-state index in [1.807, 2.05) is 33.0 Å². The zero-order chi connectivity index (χ0) is 23.3. The van der Waals surface area contributed by atoms with E-state index in [4.69, 9.17) is 20.2 Å². The molecule has 1 saturated carbocycles. The van der Waals surface area contributed by atoms with Gasteiger partial charge in [-0.25, -0.2) is 19.7 Å². The minimum Gasteiger partial charge on any atom is -0.474 e. The first-order valence-electron chi connectivity index (χ1n) is 11.5. The van der Waals surface area contributed by atoms with Crippen LogP contribution in [0.5, 0.6) is 5.88 Å². The number of fused-ring (bicyclic) bond motifs is 2. The van der Waals surface area contributed by atoms with Crippen LogP contribution in [-0.2, 0) is 10.3 Å². The molecule has 0 unspecified atom stereocenters. The number of nitrogens with zero attached hydrogens (tertiary/aromatic N) is 3. The highest BCUT2D eigenvalue weighted by atomic mass is 16.5. The Kier molecular flexibility index (Phi) is 5.20. The summed E-state index contributed by atoms with van der Waals surface area (Å²) in [5, 5.41) is 5.09. The van der Waals surface area contributed by atoms with Gasteiger partial charge in [0.15, 0.2) is 0 Å². The number of nitrogens with two attached hydrogens (primary N) is 1. The van der Waals surface area contributed by atoms with Crippen LogP contribution >= 0.6 is 0 Å². The highest BCUT2D eigenvalue weighted by molar-refractivity contribution is 5.93. The smallest absolute Gasteiger partial charge is 0.340 e. The maximum absolute atomic E-state index is 12.2. The van der Waals surface area contributed by atoms with Crippen molar-refractivity contribution in [3.8, 4) is 5.88 Å². The summed E-state index contributed by atoms with van der Waals surface area (Å²) in [6, 6.07) is 5.48. The number of aromatic nitrogens is 3. The lowest BCUT2D eigenvalue weighted by Crippen LogP contribution is -2.32. The van der Waals surface area contributed by atoms with Crippen LogP contribution in [0.1, 0.15) is 74.5 Å². The fraction of sp³-hybridized carbons (Fsp3) is 0.440. The van der Waals surface area contributed by atoms with Gasteiger partial charge in [-0.2, -0.15) is 0 Å². The summed E-state index contributed by atoms with van der Waals surface area (Å²) >= 11 is 0. The lowest BCUT2D eigenvalue weighted by Gasteiger charge is -2.27. The number of carbonyl (C=O) groups excluding carboxylic acids is 1. The van der Waals surface area contributed by atoms with Gasteiger partial charge in [-0.05, 0) is 62.3 Å². The van der Waals surface area contributed by atoms with Gasteiger partial charge in [0.25, 0.3) is 0 Å². The van der Waals surface area contributed by atoms with Crippen molar-refractivity contribution in [1.29, 1.82) is 0 Å². The molecule has 0 spiro atoms. The van der Waals surface area contributed by atoms with Crippen molar-refractivity contribution in [1.82, 2.24) is 15.0 Å². The largest absolute Gasteiger partial charge is 0.474 e. The van der Waals surface area contributed by atoms with Gasteiger partial charge < -0.3 is 20.5 Å². The number of carbonyl (C=O) groups is 1.